The van der Waals surface area contributed by atoms with Gasteiger partial charge in [0.1, 0.15) is 5.56 Å². The van der Waals surface area contributed by atoms with E-state index in [1.807, 2.05) is 0 Å². The molecule has 0 saturated heterocycles. The van der Waals surface area contributed by atoms with Gasteiger partial charge in [-0.15, -0.1) is 0 Å². The Hall–Kier alpha value is -4.81. The highest BCUT2D eigenvalue weighted by Crippen LogP contribution is 2.48. The lowest BCUT2D eigenvalue weighted by Crippen LogP contribution is -2.21. The molecule has 0 unspecified atom stereocenters. The van der Waals surface area contributed by atoms with Crippen molar-refractivity contribution < 1.29 is 64.8 Å². The van der Waals surface area contributed by atoms with Crippen molar-refractivity contribution >= 4 is 29.7 Å². The molecule has 0 amide bonds. The lowest BCUT2D eigenvalue weighted by Gasteiger charge is -2.16. The van der Waals surface area contributed by atoms with Crippen LogP contribution >= 0.6 is 0 Å². The lowest BCUT2D eigenvalue weighted by molar-refractivity contribution is 0.0646. The summed E-state index contributed by atoms with van der Waals surface area (Å²) in [7, 11) is 0. The minimum absolute atomic E-state index is 0.559. The van der Waals surface area contributed by atoms with E-state index in [-0.39, 0.29) is 0 Å². The van der Waals surface area contributed by atoms with Crippen molar-refractivity contribution in [1.82, 2.24) is 0 Å². The van der Waals surface area contributed by atoms with Gasteiger partial charge in [-0.3, -0.25) is 4.79 Å². The zero-order valence-electron chi connectivity index (χ0n) is 14.3. The van der Waals surface area contributed by atoms with E-state index in [1.165, 1.54) is 0 Å². The Morgan fingerprint density at radius 2 is 0.833 bits per heavy atom. The Morgan fingerprint density at radius 1 is 0.467 bits per heavy atom. The maximum Gasteiger partial charge on any atom is 0.340 e. The molecule has 0 fully saturated rings. The fourth-order valence-electron chi connectivity index (χ4n) is 2.67. The highest BCUT2D eigenvalue weighted by molar-refractivity contribution is 6.25. The van der Waals surface area contributed by atoms with Gasteiger partial charge >= 0.3 is 23.9 Å². The normalized spacial score (nSPS) is 10.4. The predicted octanol–water partition coefficient (Wildman–Crippen LogP) is 0.533. The molecule has 2 rings (SSSR count). The summed E-state index contributed by atoms with van der Waals surface area (Å²) in [6.07, 6.45) is 0. The maximum absolute atomic E-state index is 13.0. The van der Waals surface area contributed by atoms with Gasteiger partial charge in [0.15, 0.2) is 17.3 Å². The van der Waals surface area contributed by atoms with Gasteiger partial charge in [-0.2, -0.15) is 0 Å². The van der Waals surface area contributed by atoms with Crippen molar-refractivity contribution in [2.24, 2.45) is 0 Å². The van der Waals surface area contributed by atoms with E-state index in [2.05, 4.69) is 0 Å². The molecule has 0 aromatic heterocycles. The topological polar surface area (TPSA) is 247 Å². The van der Waals surface area contributed by atoms with E-state index in [0.717, 1.165) is 0 Å². The van der Waals surface area contributed by atoms with E-state index in [0.29, 0.717) is 12.1 Å². The molecule has 2 aromatic carbocycles. The Labute approximate surface area is 163 Å². The number of hydrogen-bond acceptors (Lipinski definition) is 9. The summed E-state index contributed by atoms with van der Waals surface area (Å²) in [4.78, 5) is 58.9. The van der Waals surface area contributed by atoms with Crippen molar-refractivity contribution in [3.8, 4) is 23.0 Å². The highest BCUT2D eigenvalue weighted by Gasteiger charge is 2.37. The van der Waals surface area contributed by atoms with Gasteiger partial charge in [0.05, 0.1) is 27.8 Å². The zero-order valence-corrected chi connectivity index (χ0v) is 14.3. The molecule has 0 heterocycles. The Morgan fingerprint density at radius 3 is 1.20 bits per heavy atom. The Balaban J connectivity index is 3.11. The first kappa shape index (κ1) is 21.5. The van der Waals surface area contributed by atoms with Crippen LogP contribution in [0.4, 0.5) is 0 Å². The molecule has 30 heavy (non-hydrogen) atoms. The molecule has 156 valence electrons. The van der Waals surface area contributed by atoms with Crippen molar-refractivity contribution in [1.29, 1.82) is 0 Å². The third-order valence-corrected chi connectivity index (χ3v) is 3.94. The zero-order chi connectivity index (χ0) is 23.1. The maximum atomic E-state index is 13.0. The fraction of sp³-hybridized carbons (Fsp3) is 0. The van der Waals surface area contributed by atoms with Gasteiger partial charge in [0.25, 0.3) is 0 Å². The third kappa shape index (κ3) is 3.15. The number of carboxylic acid groups (broad SMARTS) is 4. The second-order valence-corrected chi connectivity index (χ2v) is 5.60. The summed E-state index contributed by atoms with van der Waals surface area (Å²) in [5.41, 5.74) is -7.80. The molecule has 13 heteroatoms. The molecule has 8 N–H and O–H groups in total. The van der Waals surface area contributed by atoms with Crippen LogP contribution in [0.2, 0.25) is 0 Å². The Bertz CT molecular complexity index is 1160. The summed E-state index contributed by atoms with van der Waals surface area (Å²) >= 11 is 0. The first-order chi connectivity index (χ1) is 13.8. The van der Waals surface area contributed by atoms with E-state index >= 15 is 0 Å². The molecule has 0 atom stereocenters. The summed E-state index contributed by atoms with van der Waals surface area (Å²) in [5.74, 6) is -16.2. The number of benzene rings is 2. The van der Waals surface area contributed by atoms with Crippen LogP contribution in [0.3, 0.4) is 0 Å². The molecule has 0 radical (unpaired) electrons. The number of carbonyl (C=O) groups is 5. The minimum atomic E-state index is -2.13. The number of carboxylic acids is 4. The van der Waals surface area contributed by atoms with E-state index < -0.39 is 86.0 Å². The van der Waals surface area contributed by atoms with E-state index in [1.54, 1.807) is 0 Å². The van der Waals surface area contributed by atoms with Crippen LogP contribution in [0.15, 0.2) is 12.1 Å². The number of rotatable bonds is 6. The molecule has 2 aromatic rings. The molecular formula is C17H10O13. The molecule has 0 aliphatic carbocycles. The van der Waals surface area contributed by atoms with Gasteiger partial charge in [-0.25, -0.2) is 19.2 Å². The number of ketones is 1. The molecule has 0 aliphatic rings. The molecular weight excluding hydrogens is 412 g/mol. The van der Waals surface area contributed by atoms with Crippen molar-refractivity contribution in [3.63, 3.8) is 0 Å². The molecule has 0 saturated carbocycles. The van der Waals surface area contributed by atoms with Gasteiger partial charge < -0.3 is 40.9 Å². The van der Waals surface area contributed by atoms with Crippen LogP contribution in [0, 0.1) is 0 Å². The van der Waals surface area contributed by atoms with Gasteiger partial charge in [-0.05, 0) is 12.1 Å². The molecule has 13 nitrogen and oxygen atoms in total. The van der Waals surface area contributed by atoms with Crippen LogP contribution in [-0.4, -0.2) is 70.5 Å². The van der Waals surface area contributed by atoms with Gasteiger partial charge in [0, 0.05) is 0 Å². The second-order valence-electron chi connectivity index (χ2n) is 5.60. The lowest BCUT2D eigenvalue weighted by atomic mass is 9.87. The number of aromatic carboxylic acids is 4. The molecule has 0 spiro atoms. The number of aromatic hydroxyl groups is 4. The number of phenols is 4. The second kappa shape index (κ2) is 7.31. The van der Waals surface area contributed by atoms with Gasteiger partial charge in [0.2, 0.25) is 11.5 Å². The van der Waals surface area contributed by atoms with Crippen LogP contribution in [0.5, 0.6) is 23.0 Å². The Kier molecular flexibility index (Phi) is 5.24. The first-order valence-corrected chi connectivity index (χ1v) is 7.47. The number of carbonyl (C=O) groups excluding carboxylic acids is 1. The van der Waals surface area contributed by atoms with Crippen molar-refractivity contribution in [2.75, 3.05) is 0 Å². The van der Waals surface area contributed by atoms with E-state index in [4.69, 9.17) is 5.11 Å². The first-order valence-electron chi connectivity index (χ1n) is 7.47. The summed E-state index contributed by atoms with van der Waals surface area (Å²) in [6, 6.07) is 1.14. The minimum Gasteiger partial charge on any atom is -0.504 e. The van der Waals surface area contributed by atoms with Crippen molar-refractivity contribution in [3.05, 3.63) is 45.5 Å². The van der Waals surface area contributed by atoms with E-state index in [9.17, 15) is 59.7 Å². The standard InChI is InChI=1S/C17H10O13/c18-9(7-8(17(29)30)11(20)13(22)12(21)10(7)19)5-3(14(23)24)1-2-4(15(25)26)6(5)16(27)28/h1-2,19-22H,(H,23,24)(H,25,26)(H,27,28)(H,29,30). The smallest absolute Gasteiger partial charge is 0.340 e. The predicted molar refractivity (Wildman–Crippen MR) is 90.8 cm³/mol. The number of phenolic OH excluding ortho intramolecular Hbond substituents is 3. The van der Waals surface area contributed by atoms with Crippen molar-refractivity contribution in [2.45, 2.75) is 0 Å². The summed E-state index contributed by atoms with van der Waals surface area (Å²) in [5, 5.41) is 76.0. The fourth-order valence-corrected chi connectivity index (χ4v) is 2.67. The van der Waals surface area contributed by atoms with Crippen LogP contribution < -0.4 is 0 Å². The highest BCUT2D eigenvalue weighted by atomic mass is 16.4. The SMILES string of the molecule is O=C(O)c1ccc(C(=O)O)c(C(=O)c2c(O)c(O)c(O)c(O)c2C(=O)O)c1C(=O)O. The molecule has 0 aliphatic heterocycles. The molecule has 0 bridgehead atoms. The van der Waals surface area contributed by atoms with Crippen LogP contribution in [0.25, 0.3) is 0 Å². The average Bonchev–Trinajstić information content (AvgIpc) is 2.66. The summed E-state index contributed by atoms with van der Waals surface area (Å²) < 4.78 is 0. The van der Waals surface area contributed by atoms with Crippen LogP contribution in [0.1, 0.15) is 57.4 Å². The average molecular weight is 422 g/mol. The largest absolute Gasteiger partial charge is 0.504 e. The van der Waals surface area contributed by atoms with Crippen LogP contribution in [-0.2, 0) is 0 Å². The number of hydrogen-bond donors (Lipinski definition) is 8. The summed E-state index contributed by atoms with van der Waals surface area (Å²) in [6.45, 7) is 0. The quantitative estimate of drug-likeness (QED) is 0.180. The monoisotopic (exact) mass is 422 g/mol. The third-order valence-electron chi connectivity index (χ3n) is 3.94. The van der Waals surface area contributed by atoms with Gasteiger partial charge in [-0.1, -0.05) is 0 Å².